The average molecular weight is 416 g/mol. The molecule has 2 aromatic heterocycles. The van der Waals surface area contributed by atoms with Gasteiger partial charge in [-0.05, 0) is 48.1 Å². The van der Waals surface area contributed by atoms with Crippen molar-refractivity contribution in [2.45, 2.75) is 26.3 Å². The summed E-state index contributed by atoms with van der Waals surface area (Å²) in [7, 11) is 0. The standard InChI is InChI=1S/C25H25N3OS/c1-18-15-19(2)28(27-18)23(24-9-6-14-30-24)17-26-25(29)16-20-10-12-22(13-11-20)21-7-4-3-5-8-21/h3-15,23H,16-17H2,1-2H3,(H,26,29). The smallest absolute Gasteiger partial charge is 0.224 e. The highest BCUT2D eigenvalue weighted by Crippen LogP contribution is 2.24. The summed E-state index contributed by atoms with van der Waals surface area (Å²) in [6, 6.07) is 24.7. The molecule has 1 N–H and O–H groups in total. The molecule has 0 saturated heterocycles. The highest BCUT2D eigenvalue weighted by molar-refractivity contribution is 7.10. The average Bonchev–Trinajstić information content (AvgIpc) is 3.39. The molecule has 1 unspecified atom stereocenters. The minimum atomic E-state index is 0.00288. The fraction of sp³-hybridized carbons (Fsp3) is 0.200. The molecule has 0 fully saturated rings. The Bertz CT molecular complexity index is 1100. The molecule has 5 heteroatoms. The zero-order valence-electron chi connectivity index (χ0n) is 17.2. The Kier molecular flexibility index (Phi) is 6.10. The molecule has 1 atom stereocenters. The van der Waals surface area contributed by atoms with E-state index in [0.717, 1.165) is 22.5 Å². The van der Waals surface area contributed by atoms with Crippen LogP contribution < -0.4 is 5.32 Å². The van der Waals surface area contributed by atoms with Crippen LogP contribution in [0.1, 0.15) is 27.9 Å². The SMILES string of the molecule is Cc1cc(C)n(C(CNC(=O)Cc2ccc(-c3ccccc3)cc2)c2cccs2)n1. The lowest BCUT2D eigenvalue weighted by atomic mass is 10.0. The van der Waals surface area contributed by atoms with Gasteiger partial charge in [0.25, 0.3) is 0 Å². The third-order valence-electron chi connectivity index (χ3n) is 5.13. The molecule has 2 heterocycles. The predicted molar refractivity (Wildman–Crippen MR) is 123 cm³/mol. The Morgan fingerprint density at radius 3 is 2.37 bits per heavy atom. The van der Waals surface area contributed by atoms with E-state index in [1.807, 2.05) is 48.0 Å². The van der Waals surface area contributed by atoms with Gasteiger partial charge in [-0.3, -0.25) is 9.48 Å². The number of nitrogens with zero attached hydrogens (tertiary/aromatic N) is 2. The Hall–Kier alpha value is -3.18. The van der Waals surface area contributed by atoms with E-state index in [0.29, 0.717) is 13.0 Å². The van der Waals surface area contributed by atoms with Crippen LogP contribution in [0.4, 0.5) is 0 Å². The van der Waals surface area contributed by atoms with Crippen molar-refractivity contribution >= 4 is 17.2 Å². The minimum absolute atomic E-state index is 0.00288. The maximum Gasteiger partial charge on any atom is 0.224 e. The third-order valence-corrected chi connectivity index (χ3v) is 6.10. The maximum atomic E-state index is 12.6. The summed E-state index contributed by atoms with van der Waals surface area (Å²) in [5.41, 5.74) is 5.42. The topological polar surface area (TPSA) is 46.9 Å². The van der Waals surface area contributed by atoms with E-state index in [4.69, 9.17) is 0 Å². The quantitative estimate of drug-likeness (QED) is 0.452. The molecule has 4 rings (SSSR count). The summed E-state index contributed by atoms with van der Waals surface area (Å²) in [6.45, 7) is 4.56. The summed E-state index contributed by atoms with van der Waals surface area (Å²) in [5.74, 6) is 0.0190. The van der Waals surface area contributed by atoms with Crippen molar-refractivity contribution in [3.05, 3.63) is 100 Å². The molecular weight excluding hydrogens is 390 g/mol. The van der Waals surface area contributed by atoms with Crippen LogP contribution in [0.2, 0.25) is 0 Å². The van der Waals surface area contributed by atoms with Crippen molar-refractivity contribution in [2.75, 3.05) is 6.54 Å². The van der Waals surface area contributed by atoms with E-state index in [-0.39, 0.29) is 11.9 Å². The van der Waals surface area contributed by atoms with Crippen molar-refractivity contribution in [2.24, 2.45) is 0 Å². The molecule has 4 nitrogen and oxygen atoms in total. The fourth-order valence-corrected chi connectivity index (χ4v) is 4.47. The number of aryl methyl sites for hydroxylation is 2. The van der Waals surface area contributed by atoms with Gasteiger partial charge in [-0.1, -0.05) is 60.7 Å². The van der Waals surface area contributed by atoms with E-state index >= 15 is 0 Å². The first-order valence-corrected chi connectivity index (χ1v) is 11.0. The number of amides is 1. The normalized spacial score (nSPS) is 11.9. The van der Waals surface area contributed by atoms with Crippen LogP contribution in [0.3, 0.4) is 0 Å². The van der Waals surface area contributed by atoms with Crippen LogP contribution in [0.25, 0.3) is 11.1 Å². The molecule has 0 aliphatic carbocycles. The molecule has 30 heavy (non-hydrogen) atoms. The van der Waals surface area contributed by atoms with Gasteiger partial charge >= 0.3 is 0 Å². The van der Waals surface area contributed by atoms with Gasteiger partial charge in [-0.15, -0.1) is 11.3 Å². The number of hydrogen-bond acceptors (Lipinski definition) is 3. The van der Waals surface area contributed by atoms with Crippen LogP contribution in [0, 0.1) is 13.8 Å². The Labute approximate surface area is 181 Å². The maximum absolute atomic E-state index is 12.6. The van der Waals surface area contributed by atoms with Gasteiger partial charge in [-0.2, -0.15) is 5.10 Å². The summed E-state index contributed by atoms with van der Waals surface area (Å²) in [4.78, 5) is 13.8. The number of carbonyl (C=O) groups excluding carboxylic acids is 1. The first kappa shape index (κ1) is 20.1. The van der Waals surface area contributed by atoms with Gasteiger partial charge in [0, 0.05) is 17.1 Å². The van der Waals surface area contributed by atoms with Crippen LogP contribution in [-0.4, -0.2) is 22.2 Å². The van der Waals surface area contributed by atoms with Crippen LogP contribution in [0.5, 0.6) is 0 Å². The molecule has 0 saturated carbocycles. The second-order valence-corrected chi connectivity index (χ2v) is 8.43. The lowest BCUT2D eigenvalue weighted by Crippen LogP contribution is -2.32. The number of aromatic nitrogens is 2. The van der Waals surface area contributed by atoms with Gasteiger partial charge in [0.1, 0.15) is 6.04 Å². The van der Waals surface area contributed by atoms with Gasteiger partial charge in [0.05, 0.1) is 12.1 Å². The molecule has 0 aliphatic rings. The molecule has 4 aromatic rings. The molecule has 0 aliphatic heterocycles. The highest BCUT2D eigenvalue weighted by Gasteiger charge is 2.19. The van der Waals surface area contributed by atoms with Gasteiger partial charge < -0.3 is 5.32 Å². The number of nitrogens with one attached hydrogen (secondary N) is 1. The summed E-state index contributed by atoms with van der Waals surface area (Å²) >= 11 is 1.69. The Balaban J connectivity index is 1.41. The van der Waals surface area contributed by atoms with Gasteiger partial charge in [0.15, 0.2) is 0 Å². The molecule has 0 spiro atoms. The van der Waals surface area contributed by atoms with E-state index in [9.17, 15) is 4.79 Å². The molecular formula is C25H25N3OS. The van der Waals surface area contributed by atoms with Crippen molar-refractivity contribution in [1.82, 2.24) is 15.1 Å². The molecule has 0 radical (unpaired) electrons. The zero-order valence-corrected chi connectivity index (χ0v) is 18.0. The van der Waals surface area contributed by atoms with E-state index < -0.39 is 0 Å². The monoisotopic (exact) mass is 415 g/mol. The second-order valence-electron chi connectivity index (χ2n) is 7.45. The van der Waals surface area contributed by atoms with E-state index in [1.165, 1.54) is 10.4 Å². The van der Waals surface area contributed by atoms with Crippen LogP contribution in [-0.2, 0) is 11.2 Å². The van der Waals surface area contributed by atoms with Crippen LogP contribution >= 0.6 is 11.3 Å². The molecule has 1 amide bonds. The Morgan fingerprint density at radius 2 is 1.73 bits per heavy atom. The Morgan fingerprint density at radius 1 is 1.00 bits per heavy atom. The predicted octanol–water partition coefficient (Wildman–Crippen LogP) is 5.18. The van der Waals surface area contributed by atoms with Crippen molar-refractivity contribution in [3.63, 3.8) is 0 Å². The molecule has 0 bridgehead atoms. The third kappa shape index (κ3) is 4.69. The highest BCUT2D eigenvalue weighted by atomic mass is 32.1. The minimum Gasteiger partial charge on any atom is -0.353 e. The summed E-state index contributed by atoms with van der Waals surface area (Å²) < 4.78 is 2.01. The lowest BCUT2D eigenvalue weighted by Gasteiger charge is -2.19. The van der Waals surface area contributed by atoms with Crippen LogP contribution in [0.15, 0.2) is 78.2 Å². The molecule has 2 aromatic carbocycles. The number of thiophene rings is 1. The van der Waals surface area contributed by atoms with Crippen molar-refractivity contribution in [3.8, 4) is 11.1 Å². The van der Waals surface area contributed by atoms with E-state index in [2.05, 4.69) is 59.1 Å². The van der Waals surface area contributed by atoms with Crippen molar-refractivity contribution < 1.29 is 4.79 Å². The summed E-state index contributed by atoms with van der Waals surface area (Å²) in [6.07, 6.45) is 0.364. The zero-order chi connectivity index (χ0) is 20.9. The summed E-state index contributed by atoms with van der Waals surface area (Å²) in [5, 5.41) is 9.81. The van der Waals surface area contributed by atoms with Gasteiger partial charge in [0.2, 0.25) is 5.91 Å². The number of carbonyl (C=O) groups is 1. The molecule has 152 valence electrons. The van der Waals surface area contributed by atoms with Gasteiger partial charge in [-0.25, -0.2) is 0 Å². The number of benzene rings is 2. The first-order valence-electron chi connectivity index (χ1n) is 10.1. The lowest BCUT2D eigenvalue weighted by molar-refractivity contribution is -0.120. The largest absolute Gasteiger partial charge is 0.353 e. The number of rotatable bonds is 7. The number of hydrogen-bond donors (Lipinski definition) is 1. The second kappa shape index (κ2) is 9.09. The first-order chi connectivity index (χ1) is 14.6. The van der Waals surface area contributed by atoms with E-state index in [1.54, 1.807) is 11.3 Å². The van der Waals surface area contributed by atoms with Crippen molar-refractivity contribution in [1.29, 1.82) is 0 Å². The fourth-order valence-electron chi connectivity index (χ4n) is 3.65.